The highest BCUT2D eigenvalue weighted by atomic mass is 127. The molecule has 0 heterocycles. The molecule has 0 bridgehead atoms. The average molecular weight is 426 g/mol. The van der Waals surface area contributed by atoms with Crippen molar-refractivity contribution in [2.24, 2.45) is 4.99 Å². The van der Waals surface area contributed by atoms with Crippen molar-refractivity contribution < 1.29 is 9.13 Å². The van der Waals surface area contributed by atoms with Gasteiger partial charge in [-0.05, 0) is 78.8 Å². The van der Waals surface area contributed by atoms with Gasteiger partial charge in [0, 0.05) is 23.2 Å². The molecule has 0 fully saturated rings. The lowest BCUT2D eigenvalue weighted by Crippen LogP contribution is -2.14. The third kappa shape index (κ3) is 4.92. The summed E-state index contributed by atoms with van der Waals surface area (Å²) < 4.78 is 20.1. The highest BCUT2D eigenvalue weighted by molar-refractivity contribution is 14.1. The molecule has 0 spiro atoms. The van der Waals surface area contributed by atoms with Crippen LogP contribution in [0, 0.1) is 23.2 Å². The van der Waals surface area contributed by atoms with Gasteiger partial charge in [0.05, 0.1) is 12.0 Å². The first-order valence-electron chi connectivity index (χ1n) is 7.38. The molecule has 0 aromatic heterocycles. The van der Waals surface area contributed by atoms with Crippen LogP contribution in [0.3, 0.4) is 0 Å². The number of rotatable bonds is 5. The van der Waals surface area contributed by atoms with E-state index in [1.165, 1.54) is 12.1 Å². The summed E-state index contributed by atoms with van der Waals surface area (Å²) >= 11 is 2.07. The Bertz CT molecular complexity index is 711. The van der Waals surface area contributed by atoms with Crippen molar-refractivity contribution in [2.75, 3.05) is 13.6 Å². The van der Waals surface area contributed by atoms with Gasteiger partial charge >= 0.3 is 0 Å². The standard InChI is InChI=1S/C18H20FIN2O/c1-5-22(4)11-21-17-6-13(3)18(7-12(17)2)23-16-9-14(19)8-15(20)10-16/h6-11H,5H2,1-4H3. The highest BCUT2D eigenvalue weighted by Gasteiger charge is 2.08. The minimum Gasteiger partial charge on any atom is -0.457 e. The monoisotopic (exact) mass is 426 g/mol. The summed E-state index contributed by atoms with van der Waals surface area (Å²) in [5, 5.41) is 0. The lowest BCUT2D eigenvalue weighted by molar-refractivity contribution is 0.472. The van der Waals surface area contributed by atoms with Crippen LogP contribution in [0.5, 0.6) is 11.5 Å². The van der Waals surface area contributed by atoms with Crippen LogP contribution in [0.15, 0.2) is 35.3 Å². The van der Waals surface area contributed by atoms with Gasteiger partial charge in [-0.3, -0.25) is 0 Å². The van der Waals surface area contributed by atoms with Crippen LogP contribution >= 0.6 is 22.6 Å². The molecule has 5 heteroatoms. The summed E-state index contributed by atoms with van der Waals surface area (Å²) in [5.41, 5.74) is 2.88. The Morgan fingerprint density at radius 2 is 1.91 bits per heavy atom. The number of benzene rings is 2. The molecule has 2 aromatic carbocycles. The van der Waals surface area contributed by atoms with Crippen molar-refractivity contribution in [3.05, 3.63) is 50.8 Å². The van der Waals surface area contributed by atoms with Crippen LogP contribution < -0.4 is 4.74 Å². The molecule has 0 aliphatic rings. The van der Waals surface area contributed by atoms with Gasteiger partial charge in [0.1, 0.15) is 17.3 Å². The number of hydrogen-bond acceptors (Lipinski definition) is 2. The van der Waals surface area contributed by atoms with E-state index in [4.69, 9.17) is 4.74 Å². The average Bonchev–Trinajstić information content (AvgIpc) is 2.47. The van der Waals surface area contributed by atoms with Gasteiger partial charge < -0.3 is 9.64 Å². The van der Waals surface area contributed by atoms with Gasteiger partial charge in [0.2, 0.25) is 0 Å². The maximum atomic E-state index is 13.5. The van der Waals surface area contributed by atoms with Crippen molar-refractivity contribution in [3.63, 3.8) is 0 Å². The molecule has 0 unspecified atom stereocenters. The van der Waals surface area contributed by atoms with E-state index in [9.17, 15) is 4.39 Å². The molecular weight excluding hydrogens is 406 g/mol. The fraction of sp³-hybridized carbons (Fsp3) is 0.278. The lowest BCUT2D eigenvalue weighted by atomic mass is 10.1. The van der Waals surface area contributed by atoms with Gasteiger partial charge in [-0.2, -0.15) is 0 Å². The molecule has 3 nitrogen and oxygen atoms in total. The molecule has 0 amide bonds. The van der Waals surface area contributed by atoms with E-state index in [1.54, 1.807) is 6.07 Å². The van der Waals surface area contributed by atoms with E-state index < -0.39 is 0 Å². The Kier molecular flexibility index (Phi) is 5.98. The van der Waals surface area contributed by atoms with Gasteiger partial charge in [0.15, 0.2) is 0 Å². The normalized spacial score (nSPS) is 11.0. The summed E-state index contributed by atoms with van der Waals surface area (Å²) in [6.45, 7) is 6.92. The Labute approximate surface area is 150 Å². The quantitative estimate of drug-likeness (QED) is 0.361. The molecule has 0 N–H and O–H groups in total. The van der Waals surface area contributed by atoms with Gasteiger partial charge in [0.25, 0.3) is 0 Å². The van der Waals surface area contributed by atoms with Crippen molar-refractivity contribution >= 4 is 34.6 Å². The molecule has 2 aromatic rings. The Morgan fingerprint density at radius 1 is 1.17 bits per heavy atom. The number of ether oxygens (including phenoxy) is 1. The lowest BCUT2D eigenvalue weighted by Gasteiger charge is -2.13. The number of nitrogens with zero attached hydrogens (tertiary/aromatic N) is 2. The first-order valence-corrected chi connectivity index (χ1v) is 8.46. The summed E-state index contributed by atoms with van der Waals surface area (Å²) in [6, 6.07) is 8.58. The summed E-state index contributed by atoms with van der Waals surface area (Å²) in [6.07, 6.45) is 1.82. The van der Waals surface area contributed by atoms with Gasteiger partial charge in [-0.25, -0.2) is 9.38 Å². The Morgan fingerprint density at radius 3 is 2.57 bits per heavy atom. The van der Waals surface area contributed by atoms with Crippen molar-refractivity contribution in [3.8, 4) is 11.5 Å². The molecule has 0 saturated carbocycles. The predicted molar refractivity (Wildman–Crippen MR) is 102 cm³/mol. The molecule has 0 aliphatic carbocycles. The van der Waals surface area contributed by atoms with E-state index in [2.05, 4.69) is 34.5 Å². The third-order valence-electron chi connectivity index (χ3n) is 3.45. The van der Waals surface area contributed by atoms with Crippen LogP contribution in [-0.4, -0.2) is 24.8 Å². The maximum Gasteiger partial charge on any atom is 0.131 e. The van der Waals surface area contributed by atoms with Crippen LogP contribution in [0.1, 0.15) is 18.1 Å². The molecule has 0 radical (unpaired) electrons. The second kappa shape index (κ2) is 7.77. The summed E-state index contributed by atoms with van der Waals surface area (Å²) in [7, 11) is 1.98. The Hall–Kier alpha value is -1.63. The first-order chi connectivity index (χ1) is 10.9. The molecule has 0 atom stereocenters. The number of halogens is 2. The van der Waals surface area contributed by atoms with E-state index in [1.807, 2.05) is 44.3 Å². The Balaban J connectivity index is 2.27. The van der Waals surface area contributed by atoms with Crippen LogP contribution in [0.2, 0.25) is 0 Å². The van der Waals surface area contributed by atoms with E-state index in [-0.39, 0.29) is 5.82 Å². The van der Waals surface area contributed by atoms with Crippen LogP contribution in [0.25, 0.3) is 0 Å². The van der Waals surface area contributed by atoms with Crippen LogP contribution in [0.4, 0.5) is 10.1 Å². The zero-order valence-electron chi connectivity index (χ0n) is 13.7. The van der Waals surface area contributed by atoms with Gasteiger partial charge in [-0.15, -0.1) is 0 Å². The highest BCUT2D eigenvalue weighted by Crippen LogP contribution is 2.32. The SMILES string of the molecule is CCN(C)C=Nc1cc(C)c(Oc2cc(F)cc(I)c2)cc1C. The van der Waals surface area contributed by atoms with Crippen molar-refractivity contribution in [1.82, 2.24) is 4.90 Å². The smallest absolute Gasteiger partial charge is 0.131 e. The number of hydrogen-bond donors (Lipinski definition) is 0. The fourth-order valence-corrected chi connectivity index (χ4v) is 2.58. The molecule has 0 saturated heterocycles. The number of aliphatic imine (C=N–C) groups is 1. The van der Waals surface area contributed by atoms with E-state index in [0.29, 0.717) is 11.5 Å². The number of aryl methyl sites for hydroxylation is 2. The van der Waals surface area contributed by atoms with Crippen molar-refractivity contribution in [1.29, 1.82) is 0 Å². The molecule has 2 rings (SSSR count). The third-order valence-corrected chi connectivity index (χ3v) is 4.07. The van der Waals surface area contributed by atoms with E-state index in [0.717, 1.165) is 26.9 Å². The minimum absolute atomic E-state index is 0.301. The fourth-order valence-electron chi connectivity index (χ4n) is 1.98. The first kappa shape index (κ1) is 17.7. The minimum atomic E-state index is -0.301. The molecule has 0 aliphatic heterocycles. The summed E-state index contributed by atoms with van der Waals surface area (Å²) in [4.78, 5) is 6.51. The maximum absolute atomic E-state index is 13.5. The topological polar surface area (TPSA) is 24.8 Å². The zero-order valence-corrected chi connectivity index (χ0v) is 15.9. The summed E-state index contributed by atoms with van der Waals surface area (Å²) in [5.74, 6) is 0.913. The largest absolute Gasteiger partial charge is 0.457 e. The second-order valence-corrected chi connectivity index (χ2v) is 6.67. The van der Waals surface area contributed by atoms with Gasteiger partial charge in [-0.1, -0.05) is 0 Å². The molecule has 23 heavy (non-hydrogen) atoms. The van der Waals surface area contributed by atoms with Crippen LogP contribution in [-0.2, 0) is 0 Å². The second-order valence-electron chi connectivity index (χ2n) is 5.43. The zero-order chi connectivity index (χ0) is 17.0. The molecular formula is C18H20FIN2O. The van der Waals surface area contributed by atoms with E-state index >= 15 is 0 Å². The molecule has 122 valence electrons. The van der Waals surface area contributed by atoms with Crippen molar-refractivity contribution in [2.45, 2.75) is 20.8 Å². The predicted octanol–water partition coefficient (Wildman–Crippen LogP) is 5.45.